The zero-order chi connectivity index (χ0) is 10.2. The van der Waals surface area contributed by atoms with Crippen molar-refractivity contribution in [2.24, 2.45) is 0 Å². The third kappa shape index (κ3) is 1.77. The van der Waals surface area contributed by atoms with E-state index in [-0.39, 0.29) is 5.41 Å². The molecule has 75 valence electrons. The second kappa shape index (κ2) is 3.30. The molecule has 0 amide bonds. The molecule has 1 aromatic carbocycles. The largest absolute Gasteiger partial charge is 0.385 e. The van der Waals surface area contributed by atoms with Gasteiger partial charge in [-0.05, 0) is 35.4 Å². The summed E-state index contributed by atoms with van der Waals surface area (Å²) in [6.45, 7) is 7.84. The van der Waals surface area contributed by atoms with Crippen LogP contribution in [-0.2, 0) is 5.41 Å². The summed E-state index contributed by atoms with van der Waals surface area (Å²) in [4.78, 5) is 0. The Labute approximate surface area is 86.5 Å². The summed E-state index contributed by atoms with van der Waals surface area (Å²) in [5.74, 6) is 0. The Hall–Kier alpha value is -0.980. The zero-order valence-corrected chi connectivity index (χ0v) is 9.22. The lowest BCUT2D eigenvalue weighted by atomic mass is 9.85. The number of hydrogen-bond acceptors (Lipinski definition) is 1. The van der Waals surface area contributed by atoms with Crippen molar-refractivity contribution in [3.05, 3.63) is 35.7 Å². The number of rotatable bonds is 0. The van der Waals surface area contributed by atoms with Gasteiger partial charge in [-0.25, -0.2) is 0 Å². The molecule has 1 aliphatic rings. The van der Waals surface area contributed by atoms with Crippen molar-refractivity contribution < 1.29 is 0 Å². The van der Waals surface area contributed by atoms with Gasteiger partial charge < -0.3 is 5.32 Å². The van der Waals surface area contributed by atoms with Gasteiger partial charge in [-0.1, -0.05) is 32.9 Å². The normalized spacial score (nSPS) is 15.9. The van der Waals surface area contributed by atoms with Gasteiger partial charge in [0, 0.05) is 12.2 Å². The van der Waals surface area contributed by atoms with Crippen LogP contribution in [0.1, 0.15) is 38.3 Å². The van der Waals surface area contributed by atoms with Crippen molar-refractivity contribution >= 4 is 5.69 Å². The van der Waals surface area contributed by atoms with E-state index >= 15 is 0 Å². The Bertz CT molecular complexity index is 334. The molecule has 0 aromatic heterocycles. The molecular formula is C13H18N. The average molecular weight is 188 g/mol. The summed E-state index contributed by atoms with van der Waals surface area (Å²) in [5, 5.41) is 3.41. The van der Waals surface area contributed by atoms with Crippen LogP contribution >= 0.6 is 0 Å². The minimum atomic E-state index is 0.250. The van der Waals surface area contributed by atoms with Crippen LogP contribution in [0.2, 0.25) is 0 Å². The van der Waals surface area contributed by atoms with Crippen LogP contribution in [0.3, 0.4) is 0 Å². The lowest BCUT2D eigenvalue weighted by molar-refractivity contribution is 0.589. The molecule has 14 heavy (non-hydrogen) atoms. The van der Waals surface area contributed by atoms with Gasteiger partial charge in [-0.2, -0.15) is 0 Å². The van der Waals surface area contributed by atoms with Crippen molar-refractivity contribution in [3.63, 3.8) is 0 Å². The first-order valence-electron chi connectivity index (χ1n) is 5.29. The van der Waals surface area contributed by atoms with Gasteiger partial charge in [0.25, 0.3) is 0 Å². The van der Waals surface area contributed by atoms with Crippen LogP contribution in [0.15, 0.2) is 18.2 Å². The smallest absolute Gasteiger partial charge is 0.0376 e. The van der Waals surface area contributed by atoms with Gasteiger partial charge in [0.1, 0.15) is 0 Å². The van der Waals surface area contributed by atoms with Crippen LogP contribution in [0, 0.1) is 6.42 Å². The van der Waals surface area contributed by atoms with Gasteiger partial charge in [-0.3, -0.25) is 0 Å². The lowest BCUT2D eigenvalue weighted by Gasteiger charge is -2.23. The molecule has 1 aliphatic heterocycles. The molecule has 1 heterocycles. The van der Waals surface area contributed by atoms with E-state index in [1.807, 2.05) is 0 Å². The molecule has 1 radical (unpaired) electrons. The number of anilines is 1. The van der Waals surface area contributed by atoms with E-state index in [0.29, 0.717) is 0 Å². The fraction of sp³-hybridized carbons (Fsp3) is 0.462. The summed E-state index contributed by atoms with van der Waals surface area (Å²) in [7, 11) is 0. The molecule has 0 saturated carbocycles. The Balaban J connectivity index is 2.39. The van der Waals surface area contributed by atoms with E-state index in [0.717, 1.165) is 13.0 Å². The number of hydrogen-bond donors (Lipinski definition) is 1. The Morgan fingerprint density at radius 1 is 1.21 bits per heavy atom. The van der Waals surface area contributed by atoms with Gasteiger partial charge in [0.05, 0.1) is 0 Å². The van der Waals surface area contributed by atoms with Gasteiger partial charge >= 0.3 is 0 Å². The third-order valence-corrected chi connectivity index (χ3v) is 2.74. The van der Waals surface area contributed by atoms with E-state index in [1.54, 1.807) is 0 Å². The van der Waals surface area contributed by atoms with E-state index in [2.05, 4.69) is 50.7 Å². The van der Waals surface area contributed by atoms with Gasteiger partial charge in [-0.15, -0.1) is 0 Å². The molecule has 0 unspecified atom stereocenters. The SMILES string of the molecule is CC(C)(C)c1ccc2c(c1)[CH]CCN2. The molecule has 0 saturated heterocycles. The highest BCUT2D eigenvalue weighted by Gasteiger charge is 2.16. The predicted octanol–water partition coefficient (Wildman–Crippen LogP) is 3.35. The quantitative estimate of drug-likeness (QED) is 0.658. The van der Waals surface area contributed by atoms with Crippen molar-refractivity contribution in [2.45, 2.75) is 32.6 Å². The molecule has 0 atom stereocenters. The van der Waals surface area contributed by atoms with E-state index < -0.39 is 0 Å². The summed E-state index contributed by atoms with van der Waals surface area (Å²) in [5.41, 5.74) is 4.31. The topological polar surface area (TPSA) is 12.0 Å². The van der Waals surface area contributed by atoms with Gasteiger partial charge in [0.2, 0.25) is 0 Å². The van der Waals surface area contributed by atoms with Gasteiger partial charge in [0.15, 0.2) is 0 Å². The van der Waals surface area contributed by atoms with Crippen LogP contribution in [0.25, 0.3) is 0 Å². The maximum atomic E-state index is 3.41. The van der Waals surface area contributed by atoms with E-state index in [1.165, 1.54) is 16.8 Å². The highest BCUT2D eigenvalue weighted by molar-refractivity contribution is 5.58. The molecule has 0 bridgehead atoms. The van der Waals surface area contributed by atoms with Crippen LogP contribution in [-0.4, -0.2) is 6.54 Å². The molecule has 0 fully saturated rings. The number of nitrogens with one attached hydrogen (secondary N) is 1. The lowest BCUT2D eigenvalue weighted by Crippen LogP contribution is -2.15. The maximum Gasteiger partial charge on any atom is 0.0376 e. The second-order valence-electron chi connectivity index (χ2n) is 4.97. The summed E-state index contributed by atoms with van der Waals surface area (Å²) in [6, 6.07) is 6.73. The number of fused-ring (bicyclic) bond motifs is 1. The fourth-order valence-corrected chi connectivity index (χ4v) is 1.79. The standard InChI is InChI=1S/C13H18N/c1-13(2,3)11-6-7-12-10(9-11)5-4-8-14-12/h5-7,9,14H,4,8H2,1-3H3. The van der Waals surface area contributed by atoms with Crippen molar-refractivity contribution in [3.8, 4) is 0 Å². The third-order valence-electron chi connectivity index (χ3n) is 2.74. The van der Waals surface area contributed by atoms with E-state index in [4.69, 9.17) is 0 Å². The first kappa shape index (κ1) is 9.57. The van der Waals surface area contributed by atoms with E-state index in [9.17, 15) is 0 Å². The Kier molecular flexibility index (Phi) is 2.26. The van der Waals surface area contributed by atoms with Crippen molar-refractivity contribution in [1.29, 1.82) is 0 Å². The maximum absolute atomic E-state index is 3.41. The molecule has 1 heteroatoms. The average Bonchev–Trinajstić information content (AvgIpc) is 2.16. The minimum Gasteiger partial charge on any atom is -0.385 e. The van der Waals surface area contributed by atoms with Crippen LogP contribution in [0.5, 0.6) is 0 Å². The number of benzene rings is 1. The minimum absolute atomic E-state index is 0.250. The highest BCUT2D eigenvalue weighted by atomic mass is 14.9. The van der Waals surface area contributed by atoms with Crippen LogP contribution in [0.4, 0.5) is 5.69 Å². The molecular weight excluding hydrogens is 170 g/mol. The first-order chi connectivity index (χ1) is 6.57. The Morgan fingerprint density at radius 2 is 2.00 bits per heavy atom. The van der Waals surface area contributed by atoms with Crippen molar-refractivity contribution in [2.75, 3.05) is 11.9 Å². The zero-order valence-electron chi connectivity index (χ0n) is 9.22. The molecule has 1 N–H and O–H groups in total. The first-order valence-corrected chi connectivity index (χ1v) is 5.29. The molecule has 1 aromatic rings. The second-order valence-corrected chi connectivity index (χ2v) is 4.97. The summed E-state index contributed by atoms with van der Waals surface area (Å²) >= 11 is 0. The van der Waals surface area contributed by atoms with Crippen LogP contribution < -0.4 is 5.32 Å². The summed E-state index contributed by atoms with van der Waals surface area (Å²) < 4.78 is 0. The molecule has 1 nitrogen and oxygen atoms in total. The fourth-order valence-electron chi connectivity index (χ4n) is 1.79. The monoisotopic (exact) mass is 188 g/mol. The highest BCUT2D eigenvalue weighted by Crippen LogP contribution is 2.29. The van der Waals surface area contributed by atoms with Crippen molar-refractivity contribution in [1.82, 2.24) is 0 Å². The Morgan fingerprint density at radius 3 is 2.71 bits per heavy atom. The molecule has 0 spiro atoms. The summed E-state index contributed by atoms with van der Waals surface area (Å²) in [6.07, 6.45) is 3.46. The molecule has 0 aliphatic carbocycles. The molecule has 2 rings (SSSR count). The predicted molar refractivity (Wildman–Crippen MR) is 61.7 cm³/mol.